The van der Waals surface area contributed by atoms with Gasteiger partial charge in [0.15, 0.2) is 0 Å². The minimum Gasteiger partial charge on any atom is -0.389 e. The molecule has 2 saturated carbocycles. The lowest BCUT2D eigenvalue weighted by Gasteiger charge is -2.60. The zero-order valence-electron chi connectivity index (χ0n) is 11.5. The smallest absolute Gasteiger partial charge is 0.0731 e. The maximum absolute atomic E-state index is 11.1. The Hall–Kier alpha value is -0.0800. The van der Waals surface area contributed by atoms with Crippen molar-refractivity contribution in [1.82, 2.24) is 0 Å². The second-order valence-electron chi connectivity index (χ2n) is 6.27. The first-order valence-corrected chi connectivity index (χ1v) is 7.48. The Kier molecular flexibility index (Phi) is 3.57. The lowest BCUT2D eigenvalue weighted by atomic mass is 9.49. The molecular formula is C15H28O2. The van der Waals surface area contributed by atoms with Crippen LogP contribution in [0.1, 0.15) is 78.1 Å². The van der Waals surface area contributed by atoms with Gasteiger partial charge in [-0.2, -0.15) is 0 Å². The molecule has 0 heterocycles. The number of rotatable bonds is 3. The van der Waals surface area contributed by atoms with E-state index in [1.54, 1.807) is 0 Å². The highest BCUT2D eigenvalue weighted by atomic mass is 16.3. The summed E-state index contributed by atoms with van der Waals surface area (Å²) in [5.41, 5.74) is -1.48. The van der Waals surface area contributed by atoms with E-state index in [4.69, 9.17) is 0 Å². The summed E-state index contributed by atoms with van der Waals surface area (Å²) in [5.74, 6) is 0. The fourth-order valence-corrected chi connectivity index (χ4v) is 4.71. The molecule has 0 aromatic heterocycles. The van der Waals surface area contributed by atoms with Crippen LogP contribution in [0.3, 0.4) is 0 Å². The van der Waals surface area contributed by atoms with Crippen LogP contribution in [0.15, 0.2) is 0 Å². The minimum absolute atomic E-state index is 0.222. The van der Waals surface area contributed by atoms with Crippen molar-refractivity contribution >= 4 is 0 Å². The summed E-state index contributed by atoms with van der Waals surface area (Å²) < 4.78 is 0. The van der Waals surface area contributed by atoms with Gasteiger partial charge in [-0.05, 0) is 38.5 Å². The molecule has 0 aromatic carbocycles. The molecular weight excluding hydrogens is 212 g/mol. The van der Waals surface area contributed by atoms with E-state index < -0.39 is 11.2 Å². The second-order valence-corrected chi connectivity index (χ2v) is 6.27. The van der Waals surface area contributed by atoms with E-state index in [0.29, 0.717) is 0 Å². The van der Waals surface area contributed by atoms with E-state index in [1.165, 1.54) is 12.8 Å². The maximum atomic E-state index is 11.1. The summed E-state index contributed by atoms with van der Waals surface area (Å²) >= 11 is 0. The van der Waals surface area contributed by atoms with Crippen LogP contribution in [0, 0.1) is 5.41 Å². The van der Waals surface area contributed by atoms with E-state index in [9.17, 15) is 10.2 Å². The van der Waals surface area contributed by atoms with E-state index in [-0.39, 0.29) is 5.41 Å². The summed E-state index contributed by atoms with van der Waals surface area (Å²) in [4.78, 5) is 0. The molecule has 2 fully saturated rings. The van der Waals surface area contributed by atoms with Crippen LogP contribution in [-0.2, 0) is 0 Å². The summed E-state index contributed by atoms with van der Waals surface area (Å²) in [7, 11) is 0. The molecule has 0 aliphatic heterocycles. The summed E-state index contributed by atoms with van der Waals surface area (Å²) in [6, 6.07) is 0. The van der Waals surface area contributed by atoms with Gasteiger partial charge in [0.05, 0.1) is 11.2 Å². The molecule has 2 N–H and O–H groups in total. The average Bonchev–Trinajstić information content (AvgIpc) is 2.37. The van der Waals surface area contributed by atoms with E-state index in [2.05, 4.69) is 13.8 Å². The Balaban J connectivity index is 2.41. The van der Waals surface area contributed by atoms with Gasteiger partial charge in [-0.1, -0.05) is 39.5 Å². The minimum atomic E-state index is -0.664. The van der Waals surface area contributed by atoms with Crippen LogP contribution in [0.2, 0.25) is 0 Å². The zero-order valence-corrected chi connectivity index (χ0v) is 11.5. The molecule has 2 nitrogen and oxygen atoms in total. The van der Waals surface area contributed by atoms with Gasteiger partial charge >= 0.3 is 0 Å². The van der Waals surface area contributed by atoms with E-state index >= 15 is 0 Å². The molecule has 0 unspecified atom stereocenters. The molecule has 0 atom stereocenters. The standard InChI is InChI=1S/C15H28O2/c1-3-14(16,4-2)13-9-5-7-11-15(13,17)12-8-6-10-13/h16-17H,3-12H2,1-2H3. The molecule has 2 rings (SSSR count). The van der Waals surface area contributed by atoms with Crippen LogP contribution >= 0.6 is 0 Å². The number of hydrogen-bond acceptors (Lipinski definition) is 2. The first-order chi connectivity index (χ1) is 8.04. The Bertz CT molecular complexity index is 250. The molecule has 100 valence electrons. The molecule has 0 radical (unpaired) electrons. The van der Waals surface area contributed by atoms with Crippen LogP contribution in [-0.4, -0.2) is 21.4 Å². The Morgan fingerprint density at radius 1 is 0.882 bits per heavy atom. The molecule has 0 spiro atoms. The van der Waals surface area contributed by atoms with Crippen LogP contribution < -0.4 is 0 Å². The zero-order chi connectivity index (χ0) is 12.6. The highest BCUT2D eigenvalue weighted by Gasteiger charge is 2.61. The van der Waals surface area contributed by atoms with E-state index in [0.717, 1.165) is 51.4 Å². The van der Waals surface area contributed by atoms with Crippen molar-refractivity contribution in [1.29, 1.82) is 0 Å². The highest BCUT2D eigenvalue weighted by Crippen LogP contribution is 2.60. The van der Waals surface area contributed by atoms with E-state index in [1.807, 2.05) is 0 Å². The highest BCUT2D eigenvalue weighted by molar-refractivity contribution is 5.12. The quantitative estimate of drug-likeness (QED) is 0.793. The molecule has 0 bridgehead atoms. The van der Waals surface area contributed by atoms with Crippen molar-refractivity contribution in [2.24, 2.45) is 5.41 Å². The maximum Gasteiger partial charge on any atom is 0.0731 e. The van der Waals surface area contributed by atoms with Gasteiger partial charge in [-0.15, -0.1) is 0 Å². The summed E-state index contributed by atoms with van der Waals surface area (Å²) in [6.45, 7) is 4.14. The van der Waals surface area contributed by atoms with Crippen molar-refractivity contribution in [3.8, 4) is 0 Å². The van der Waals surface area contributed by atoms with Crippen molar-refractivity contribution in [3.63, 3.8) is 0 Å². The van der Waals surface area contributed by atoms with Gasteiger partial charge in [0.25, 0.3) is 0 Å². The second kappa shape index (κ2) is 4.55. The van der Waals surface area contributed by atoms with Gasteiger partial charge in [0, 0.05) is 5.41 Å². The summed E-state index contributed by atoms with van der Waals surface area (Å²) in [5, 5.41) is 22.1. The fraction of sp³-hybridized carbons (Fsp3) is 1.00. The molecule has 0 saturated heterocycles. The third kappa shape index (κ3) is 1.76. The third-order valence-electron chi connectivity index (χ3n) is 5.84. The average molecular weight is 240 g/mol. The van der Waals surface area contributed by atoms with Gasteiger partial charge in [-0.25, -0.2) is 0 Å². The number of fused-ring (bicyclic) bond motifs is 1. The Labute approximate surface area is 105 Å². The van der Waals surface area contributed by atoms with Crippen molar-refractivity contribution in [2.45, 2.75) is 89.3 Å². The van der Waals surface area contributed by atoms with Gasteiger partial charge < -0.3 is 10.2 Å². The Morgan fingerprint density at radius 3 is 1.71 bits per heavy atom. The molecule has 0 amide bonds. The largest absolute Gasteiger partial charge is 0.389 e. The number of hydrogen-bond donors (Lipinski definition) is 2. The molecule has 2 heteroatoms. The fourth-order valence-electron chi connectivity index (χ4n) is 4.71. The Morgan fingerprint density at radius 2 is 1.29 bits per heavy atom. The van der Waals surface area contributed by atoms with Gasteiger partial charge in [0.1, 0.15) is 0 Å². The van der Waals surface area contributed by atoms with Gasteiger partial charge in [-0.3, -0.25) is 0 Å². The van der Waals surface area contributed by atoms with Crippen molar-refractivity contribution in [3.05, 3.63) is 0 Å². The molecule has 0 aromatic rings. The first kappa shape index (κ1) is 13.4. The monoisotopic (exact) mass is 240 g/mol. The van der Waals surface area contributed by atoms with Crippen LogP contribution in [0.4, 0.5) is 0 Å². The molecule has 2 aliphatic rings. The topological polar surface area (TPSA) is 40.5 Å². The van der Waals surface area contributed by atoms with Crippen molar-refractivity contribution in [2.75, 3.05) is 0 Å². The van der Waals surface area contributed by atoms with Crippen molar-refractivity contribution < 1.29 is 10.2 Å². The predicted octanol–water partition coefficient (Wildman–Crippen LogP) is 3.40. The number of aliphatic hydroxyl groups is 2. The SMILES string of the molecule is CCC(O)(CC)C12CCCCC1(O)CCCC2. The van der Waals surface area contributed by atoms with Gasteiger partial charge in [0.2, 0.25) is 0 Å². The normalized spacial score (nSPS) is 38.8. The lowest BCUT2D eigenvalue weighted by molar-refractivity contribution is -0.236. The molecule has 2 aliphatic carbocycles. The van der Waals surface area contributed by atoms with Crippen LogP contribution in [0.5, 0.6) is 0 Å². The van der Waals surface area contributed by atoms with Crippen LogP contribution in [0.25, 0.3) is 0 Å². The summed E-state index contributed by atoms with van der Waals surface area (Å²) in [6.07, 6.45) is 9.96. The predicted molar refractivity (Wildman–Crippen MR) is 69.9 cm³/mol. The molecule has 17 heavy (non-hydrogen) atoms. The first-order valence-electron chi connectivity index (χ1n) is 7.48. The lowest BCUT2D eigenvalue weighted by Crippen LogP contribution is -2.64. The third-order valence-corrected chi connectivity index (χ3v) is 5.84.